The normalized spacial score (nSPS) is 36.1. The van der Waals surface area contributed by atoms with Crippen molar-refractivity contribution in [1.82, 2.24) is 0 Å². The number of ether oxygens (including phenoxy) is 1. The van der Waals surface area contributed by atoms with Gasteiger partial charge in [-0.25, -0.2) is 0 Å². The van der Waals surface area contributed by atoms with Crippen molar-refractivity contribution in [3.05, 3.63) is 12.7 Å². The lowest BCUT2D eigenvalue weighted by molar-refractivity contribution is 0.0320. The molecule has 0 aromatic heterocycles. The first kappa shape index (κ1) is 6.78. The minimum atomic E-state index is 0.0961. The smallest absolute Gasteiger partial charge is 0.0904 e. The highest BCUT2D eigenvalue weighted by Gasteiger charge is 2.18. The lowest BCUT2D eigenvalue weighted by atomic mass is 10.0. The lowest BCUT2D eigenvalue weighted by Crippen LogP contribution is -2.39. The van der Waals surface area contributed by atoms with Crippen molar-refractivity contribution in [3.8, 4) is 0 Å². The molecule has 0 bridgehead atoms. The van der Waals surface area contributed by atoms with Gasteiger partial charge < -0.3 is 10.5 Å². The van der Waals surface area contributed by atoms with E-state index in [2.05, 4.69) is 6.58 Å². The molecule has 1 fully saturated rings. The first-order valence-electron chi connectivity index (χ1n) is 3.34. The summed E-state index contributed by atoms with van der Waals surface area (Å²) in [5.74, 6) is 0. The zero-order chi connectivity index (χ0) is 6.69. The second kappa shape index (κ2) is 2.99. The molecule has 0 aromatic carbocycles. The van der Waals surface area contributed by atoms with Crippen LogP contribution in [0.15, 0.2) is 12.7 Å². The maximum absolute atomic E-state index is 5.69. The van der Waals surface area contributed by atoms with Gasteiger partial charge in [-0.05, 0) is 12.8 Å². The van der Waals surface area contributed by atoms with Gasteiger partial charge in [0, 0.05) is 12.6 Å². The fourth-order valence-corrected chi connectivity index (χ4v) is 1.07. The van der Waals surface area contributed by atoms with Gasteiger partial charge in [-0.15, -0.1) is 6.58 Å². The second-order valence-corrected chi connectivity index (χ2v) is 2.38. The standard InChI is InChI=1S/C7H13NO/c1-2-7-6(8)4-3-5-9-7/h2,6-7H,1,3-5,8H2/t6-,7-/m0/s1. The van der Waals surface area contributed by atoms with Crippen LogP contribution in [-0.2, 0) is 4.74 Å². The van der Waals surface area contributed by atoms with E-state index in [4.69, 9.17) is 10.5 Å². The van der Waals surface area contributed by atoms with Crippen molar-refractivity contribution in [2.45, 2.75) is 25.0 Å². The van der Waals surface area contributed by atoms with Crippen molar-refractivity contribution in [2.75, 3.05) is 6.61 Å². The second-order valence-electron chi connectivity index (χ2n) is 2.38. The number of nitrogens with two attached hydrogens (primary N) is 1. The van der Waals surface area contributed by atoms with Crippen LogP contribution in [0.1, 0.15) is 12.8 Å². The van der Waals surface area contributed by atoms with E-state index < -0.39 is 0 Å². The SMILES string of the molecule is C=C[C@@H]1OCCC[C@@H]1N. The molecule has 2 heteroatoms. The maximum Gasteiger partial charge on any atom is 0.0904 e. The highest BCUT2D eigenvalue weighted by atomic mass is 16.5. The summed E-state index contributed by atoms with van der Waals surface area (Å²) in [6.45, 7) is 4.47. The average molecular weight is 127 g/mol. The molecule has 1 aliphatic heterocycles. The fraction of sp³-hybridized carbons (Fsp3) is 0.714. The van der Waals surface area contributed by atoms with Crippen LogP contribution < -0.4 is 5.73 Å². The molecule has 52 valence electrons. The first-order valence-corrected chi connectivity index (χ1v) is 3.34. The Morgan fingerprint density at radius 1 is 1.67 bits per heavy atom. The van der Waals surface area contributed by atoms with E-state index in [1.54, 1.807) is 6.08 Å². The molecule has 0 unspecified atom stereocenters. The Morgan fingerprint density at radius 2 is 2.44 bits per heavy atom. The highest BCUT2D eigenvalue weighted by molar-refractivity contribution is 4.90. The molecule has 0 aliphatic carbocycles. The molecule has 1 heterocycles. The predicted molar refractivity (Wildman–Crippen MR) is 37.1 cm³/mol. The van der Waals surface area contributed by atoms with Gasteiger partial charge in [-0.2, -0.15) is 0 Å². The Hall–Kier alpha value is -0.340. The molecular weight excluding hydrogens is 114 g/mol. The molecular formula is C7H13NO. The van der Waals surface area contributed by atoms with Gasteiger partial charge in [0.05, 0.1) is 6.10 Å². The van der Waals surface area contributed by atoms with Crippen molar-refractivity contribution in [2.24, 2.45) is 5.73 Å². The zero-order valence-corrected chi connectivity index (χ0v) is 5.55. The molecule has 2 atom stereocenters. The van der Waals surface area contributed by atoms with E-state index in [0.717, 1.165) is 19.4 Å². The van der Waals surface area contributed by atoms with Crippen molar-refractivity contribution in [3.63, 3.8) is 0 Å². The van der Waals surface area contributed by atoms with Crippen LogP contribution in [-0.4, -0.2) is 18.8 Å². The van der Waals surface area contributed by atoms with Gasteiger partial charge in [0.1, 0.15) is 0 Å². The summed E-state index contributed by atoms with van der Waals surface area (Å²) in [6, 6.07) is 0.177. The first-order chi connectivity index (χ1) is 4.34. The van der Waals surface area contributed by atoms with Crippen LogP contribution in [0, 0.1) is 0 Å². The monoisotopic (exact) mass is 127 g/mol. The predicted octanol–water partition coefficient (Wildman–Crippen LogP) is 0.679. The van der Waals surface area contributed by atoms with E-state index in [1.807, 2.05) is 0 Å². The summed E-state index contributed by atoms with van der Waals surface area (Å²) >= 11 is 0. The summed E-state index contributed by atoms with van der Waals surface area (Å²) in [6.07, 6.45) is 4.03. The largest absolute Gasteiger partial charge is 0.373 e. The Kier molecular flexibility index (Phi) is 2.25. The minimum absolute atomic E-state index is 0.0961. The van der Waals surface area contributed by atoms with Gasteiger partial charge in [0.2, 0.25) is 0 Å². The lowest BCUT2D eigenvalue weighted by Gasteiger charge is -2.25. The van der Waals surface area contributed by atoms with E-state index in [-0.39, 0.29) is 12.1 Å². The Labute approximate surface area is 55.7 Å². The van der Waals surface area contributed by atoms with E-state index in [9.17, 15) is 0 Å². The average Bonchev–Trinajstić information content (AvgIpc) is 1.89. The summed E-state index contributed by atoms with van der Waals surface area (Å²) in [7, 11) is 0. The van der Waals surface area contributed by atoms with E-state index >= 15 is 0 Å². The third-order valence-electron chi connectivity index (χ3n) is 1.65. The van der Waals surface area contributed by atoms with Gasteiger partial charge >= 0.3 is 0 Å². The number of hydrogen-bond acceptors (Lipinski definition) is 2. The molecule has 0 radical (unpaired) electrons. The van der Waals surface area contributed by atoms with Crippen LogP contribution in [0.5, 0.6) is 0 Å². The van der Waals surface area contributed by atoms with E-state index in [0.29, 0.717) is 0 Å². The van der Waals surface area contributed by atoms with Gasteiger partial charge in [-0.1, -0.05) is 6.08 Å². The minimum Gasteiger partial charge on any atom is -0.373 e. The summed E-state index contributed by atoms with van der Waals surface area (Å²) in [5, 5.41) is 0. The maximum atomic E-state index is 5.69. The van der Waals surface area contributed by atoms with Crippen LogP contribution in [0.3, 0.4) is 0 Å². The summed E-state index contributed by atoms with van der Waals surface area (Å²) in [4.78, 5) is 0. The van der Waals surface area contributed by atoms with Gasteiger partial charge in [0.25, 0.3) is 0 Å². The summed E-state index contributed by atoms with van der Waals surface area (Å²) in [5.41, 5.74) is 5.69. The molecule has 1 aliphatic rings. The molecule has 2 nitrogen and oxygen atoms in total. The molecule has 0 aromatic rings. The third-order valence-corrected chi connectivity index (χ3v) is 1.65. The highest BCUT2D eigenvalue weighted by Crippen LogP contribution is 2.11. The fourth-order valence-electron chi connectivity index (χ4n) is 1.07. The van der Waals surface area contributed by atoms with E-state index in [1.165, 1.54) is 0 Å². The molecule has 0 amide bonds. The molecule has 0 spiro atoms. The third kappa shape index (κ3) is 1.53. The Morgan fingerprint density at radius 3 is 2.89 bits per heavy atom. The van der Waals surface area contributed by atoms with Crippen LogP contribution in [0.4, 0.5) is 0 Å². The van der Waals surface area contributed by atoms with Crippen molar-refractivity contribution in [1.29, 1.82) is 0 Å². The molecule has 1 rings (SSSR count). The zero-order valence-electron chi connectivity index (χ0n) is 5.55. The van der Waals surface area contributed by atoms with Gasteiger partial charge in [-0.3, -0.25) is 0 Å². The Bertz CT molecular complexity index is 103. The molecule has 2 N–H and O–H groups in total. The number of hydrogen-bond donors (Lipinski definition) is 1. The van der Waals surface area contributed by atoms with Gasteiger partial charge in [0.15, 0.2) is 0 Å². The topological polar surface area (TPSA) is 35.2 Å². The van der Waals surface area contributed by atoms with Crippen LogP contribution >= 0.6 is 0 Å². The van der Waals surface area contributed by atoms with Crippen LogP contribution in [0.25, 0.3) is 0 Å². The summed E-state index contributed by atoms with van der Waals surface area (Å²) < 4.78 is 5.30. The van der Waals surface area contributed by atoms with Crippen LogP contribution in [0.2, 0.25) is 0 Å². The Balaban J connectivity index is 2.38. The quantitative estimate of drug-likeness (QED) is 0.526. The molecule has 9 heavy (non-hydrogen) atoms. The van der Waals surface area contributed by atoms with Crippen molar-refractivity contribution < 1.29 is 4.74 Å². The molecule has 1 saturated heterocycles. The molecule has 0 saturated carbocycles. The van der Waals surface area contributed by atoms with Crippen molar-refractivity contribution >= 4 is 0 Å². The number of rotatable bonds is 1.